The minimum atomic E-state index is -0.366. The summed E-state index contributed by atoms with van der Waals surface area (Å²) in [5.74, 6) is 0.405. The standard InChI is InChI=1S/C25H27FN6O/c1-16-14-32-23(28-24(16)30-11-9-18(13-27)15-30)12-21(29-32)22-8-3-4-10-31(22)25(33)19-6-5-7-20(26)17(19)2/h5-7,12,14,18,22H,3-4,8-11,15H2,1-2H3. The Labute approximate surface area is 192 Å². The SMILES string of the molecule is Cc1cn2nc(C3CCCCN3C(=O)c3cccc(F)c3C)cc2nc1N1CCC(C#N)C1. The van der Waals surface area contributed by atoms with Gasteiger partial charge in [0.2, 0.25) is 0 Å². The van der Waals surface area contributed by atoms with Gasteiger partial charge in [0.1, 0.15) is 11.6 Å². The van der Waals surface area contributed by atoms with Crippen molar-refractivity contribution in [1.29, 1.82) is 5.26 Å². The molecule has 0 saturated carbocycles. The van der Waals surface area contributed by atoms with Gasteiger partial charge in [-0.3, -0.25) is 4.79 Å². The van der Waals surface area contributed by atoms with E-state index in [2.05, 4.69) is 11.0 Å². The third-order valence-electron chi connectivity index (χ3n) is 6.90. The fraction of sp³-hybridized carbons (Fsp3) is 0.440. The molecule has 2 unspecified atom stereocenters. The van der Waals surface area contributed by atoms with Crippen molar-refractivity contribution in [2.45, 2.75) is 45.6 Å². The number of rotatable bonds is 3. The number of anilines is 1. The van der Waals surface area contributed by atoms with Crippen LogP contribution >= 0.6 is 0 Å². The monoisotopic (exact) mass is 446 g/mol. The second-order valence-corrected chi connectivity index (χ2v) is 9.10. The molecule has 4 heterocycles. The maximum atomic E-state index is 14.1. The van der Waals surface area contributed by atoms with Gasteiger partial charge in [-0.25, -0.2) is 13.9 Å². The number of hydrogen-bond acceptors (Lipinski definition) is 5. The van der Waals surface area contributed by atoms with E-state index in [0.717, 1.165) is 55.0 Å². The van der Waals surface area contributed by atoms with Gasteiger partial charge >= 0.3 is 0 Å². The molecule has 2 saturated heterocycles. The van der Waals surface area contributed by atoms with Gasteiger partial charge in [-0.15, -0.1) is 0 Å². The molecule has 7 nitrogen and oxygen atoms in total. The van der Waals surface area contributed by atoms with Crippen LogP contribution in [-0.4, -0.2) is 45.0 Å². The highest BCUT2D eigenvalue weighted by molar-refractivity contribution is 5.96. The van der Waals surface area contributed by atoms with E-state index in [0.29, 0.717) is 24.2 Å². The summed E-state index contributed by atoms with van der Waals surface area (Å²) in [6.07, 6.45) is 5.55. The highest BCUT2D eigenvalue weighted by Crippen LogP contribution is 2.33. The molecule has 3 aromatic rings. The first-order valence-corrected chi connectivity index (χ1v) is 11.5. The van der Waals surface area contributed by atoms with Gasteiger partial charge in [0.15, 0.2) is 5.65 Å². The molecular weight excluding hydrogens is 419 g/mol. The van der Waals surface area contributed by atoms with E-state index in [1.807, 2.05) is 24.1 Å². The van der Waals surface area contributed by atoms with Gasteiger partial charge < -0.3 is 9.80 Å². The van der Waals surface area contributed by atoms with Crippen LogP contribution in [0.2, 0.25) is 0 Å². The molecule has 8 heteroatoms. The number of piperidine rings is 1. The van der Waals surface area contributed by atoms with Gasteiger partial charge in [0, 0.05) is 43.0 Å². The van der Waals surface area contributed by atoms with Gasteiger partial charge in [-0.2, -0.15) is 10.4 Å². The van der Waals surface area contributed by atoms with E-state index in [1.165, 1.54) is 6.07 Å². The highest BCUT2D eigenvalue weighted by atomic mass is 19.1. The van der Waals surface area contributed by atoms with Gasteiger partial charge in [0.05, 0.1) is 23.7 Å². The molecule has 2 aliphatic rings. The molecule has 5 rings (SSSR count). The Kier molecular flexibility index (Phi) is 5.49. The third-order valence-corrected chi connectivity index (χ3v) is 6.90. The second-order valence-electron chi connectivity index (χ2n) is 9.10. The summed E-state index contributed by atoms with van der Waals surface area (Å²) in [6, 6.07) is 8.80. The Morgan fingerprint density at radius 3 is 2.85 bits per heavy atom. The lowest BCUT2D eigenvalue weighted by Gasteiger charge is -2.35. The summed E-state index contributed by atoms with van der Waals surface area (Å²) >= 11 is 0. The number of carbonyl (C=O) groups is 1. The van der Waals surface area contributed by atoms with Crippen LogP contribution in [0.5, 0.6) is 0 Å². The molecule has 0 N–H and O–H groups in total. The average molecular weight is 447 g/mol. The maximum Gasteiger partial charge on any atom is 0.254 e. The zero-order chi connectivity index (χ0) is 23.1. The van der Waals surface area contributed by atoms with Crippen molar-refractivity contribution in [3.05, 3.63) is 58.7 Å². The number of nitrogens with zero attached hydrogens (tertiary/aromatic N) is 6. The molecule has 170 valence electrons. The third kappa shape index (κ3) is 3.82. The summed E-state index contributed by atoms with van der Waals surface area (Å²) in [7, 11) is 0. The Balaban J connectivity index is 1.47. The summed E-state index contributed by atoms with van der Waals surface area (Å²) in [4.78, 5) is 22.2. The zero-order valence-corrected chi connectivity index (χ0v) is 19.0. The van der Waals surface area contributed by atoms with E-state index in [-0.39, 0.29) is 23.7 Å². The minimum absolute atomic E-state index is 0.0380. The van der Waals surface area contributed by atoms with Crippen molar-refractivity contribution < 1.29 is 9.18 Å². The molecule has 2 aliphatic heterocycles. The van der Waals surface area contributed by atoms with Gasteiger partial charge in [-0.05, 0) is 57.2 Å². The quantitative estimate of drug-likeness (QED) is 0.603. The highest BCUT2D eigenvalue weighted by Gasteiger charge is 2.32. The number of likely N-dealkylation sites (tertiary alicyclic amines) is 1. The first-order chi connectivity index (χ1) is 16.0. The molecular formula is C25H27FN6O. The molecule has 0 spiro atoms. The smallest absolute Gasteiger partial charge is 0.254 e. The van der Waals surface area contributed by atoms with Crippen LogP contribution in [-0.2, 0) is 0 Å². The zero-order valence-electron chi connectivity index (χ0n) is 19.0. The molecule has 2 aromatic heterocycles. The van der Waals surface area contributed by atoms with Crippen LogP contribution in [0.4, 0.5) is 10.2 Å². The van der Waals surface area contributed by atoms with E-state index in [4.69, 9.17) is 10.1 Å². The lowest BCUT2D eigenvalue weighted by Crippen LogP contribution is -2.39. The predicted octanol–water partition coefficient (Wildman–Crippen LogP) is 4.20. The van der Waals surface area contributed by atoms with E-state index in [9.17, 15) is 14.4 Å². The molecule has 1 aromatic carbocycles. The average Bonchev–Trinajstić information content (AvgIpc) is 3.46. The fourth-order valence-electron chi connectivity index (χ4n) is 5.04. The number of hydrogen-bond donors (Lipinski definition) is 0. The van der Waals surface area contributed by atoms with Crippen LogP contribution in [0.3, 0.4) is 0 Å². The Bertz CT molecular complexity index is 1260. The Morgan fingerprint density at radius 2 is 2.06 bits per heavy atom. The lowest BCUT2D eigenvalue weighted by atomic mass is 9.97. The van der Waals surface area contributed by atoms with Crippen LogP contribution < -0.4 is 4.90 Å². The van der Waals surface area contributed by atoms with Crippen LogP contribution in [0.25, 0.3) is 5.65 Å². The number of halogens is 1. The molecule has 0 bridgehead atoms. The number of benzene rings is 1. The summed E-state index contributed by atoms with van der Waals surface area (Å²) in [5, 5.41) is 14.0. The maximum absolute atomic E-state index is 14.1. The Morgan fingerprint density at radius 1 is 1.21 bits per heavy atom. The first-order valence-electron chi connectivity index (χ1n) is 11.5. The number of carbonyl (C=O) groups excluding carboxylic acids is 1. The van der Waals surface area contributed by atoms with Crippen LogP contribution in [0.15, 0.2) is 30.5 Å². The molecule has 2 atom stereocenters. The van der Waals surface area contributed by atoms with Crippen molar-refractivity contribution in [1.82, 2.24) is 19.5 Å². The summed E-state index contributed by atoms with van der Waals surface area (Å²) in [6.45, 7) is 5.79. The number of fused-ring (bicyclic) bond motifs is 1. The molecule has 2 fully saturated rings. The second kappa shape index (κ2) is 8.47. The van der Waals surface area contributed by atoms with E-state index < -0.39 is 0 Å². The molecule has 33 heavy (non-hydrogen) atoms. The lowest BCUT2D eigenvalue weighted by molar-refractivity contribution is 0.0604. The van der Waals surface area contributed by atoms with Crippen molar-refractivity contribution in [3.63, 3.8) is 0 Å². The normalized spacial score (nSPS) is 20.9. The largest absolute Gasteiger partial charge is 0.355 e. The number of aromatic nitrogens is 3. The van der Waals surface area contributed by atoms with Crippen molar-refractivity contribution in [3.8, 4) is 6.07 Å². The summed E-state index contributed by atoms with van der Waals surface area (Å²) in [5.41, 5.74) is 3.32. The van der Waals surface area contributed by atoms with Crippen LogP contribution in [0.1, 0.15) is 58.9 Å². The Hall–Kier alpha value is -3.47. The fourth-order valence-corrected chi connectivity index (χ4v) is 5.04. The number of amides is 1. The van der Waals surface area contributed by atoms with Crippen molar-refractivity contribution in [2.75, 3.05) is 24.5 Å². The number of aryl methyl sites for hydroxylation is 1. The van der Waals surface area contributed by atoms with Gasteiger partial charge in [-0.1, -0.05) is 6.07 Å². The summed E-state index contributed by atoms with van der Waals surface area (Å²) < 4.78 is 15.9. The first kappa shape index (κ1) is 21.4. The molecule has 0 radical (unpaired) electrons. The minimum Gasteiger partial charge on any atom is -0.355 e. The molecule has 1 amide bonds. The number of nitriles is 1. The van der Waals surface area contributed by atoms with Gasteiger partial charge in [0.25, 0.3) is 5.91 Å². The topological polar surface area (TPSA) is 77.5 Å². The van der Waals surface area contributed by atoms with E-state index in [1.54, 1.807) is 23.6 Å². The van der Waals surface area contributed by atoms with Crippen molar-refractivity contribution >= 4 is 17.4 Å². The predicted molar refractivity (Wildman–Crippen MR) is 122 cm³/mol. The molecule has 0 aliphatic carbocycles. The van der Waals surface area contributed by atoms with Crippen molar-refractivity contribution in [2.24, 2.45) is 5.92 Å². The van der Waals surface area contributed by atoms with E-state index >= 15 is 0 Å². The van der Waals surface area contributed by atoms with Crippen LogP contribution in [0, 0.1) is 36.9 Å².